The van der Waals surface area contributed by atoms with E-state index >= 15 is 0 Å². The smallest absolute Gasteiger partial charge is 0.191 e. The molecule has 1 atom stereocenters. The van der Waals surface area contributed by atoms with Crippen LogP contribution in [-0.2, 0) is 6.54 Å². The van der Waals surface area contributed by atoms with Gasteiger partial charge in [0, 0.05) is 18.5 Å². The Morgan fingerprint density at radius 2 is 1.96 bits per heavy atom. The van der Waals surface area contributed by atoms with Gasteiger partial charge in [-0.3, -0.25) is 4.99 Å². The number of aromatic nitrogens is 1. The van der Waals surface area contributed by atoms with Gasteiger partial charge in [0.15, 0.2) is 5.96 Å². The van der Waals surface area contributed by atoms with Gasteiger partial charge >= 0.3 is 0 Å². The third kappa shape index (κ3) is 5.36. The van der Waals surface area contributed by atoms with Crippen LogP contribution in [0, 0.1) is 13.8 Å². The van der Waals surface area contributed by atoms with E-state index in [1.807, 2.05) is 6.92 Å². The highest BCUT2D eigenvalue weighted by molar-refractivity contribution is 7.11. The first-order valence-electron chi connectivity index (χ1n) is 8.02. The highest BCUT2D eigenvalue weighted by Crippen LogP contribution is 2.17. The van der Waals surface area contributed by atoms with E-state index in [1.54, 1.807) is 18.4 Å². The second-order valence-electron chi connectivity index (χ2n) is 5.70. The van der Waals surface area contributed by atoms with Crippen molar-refractivity contribution in [2.24, 2.45) is 4.99 Å². The Balaban J connectivity index is 1.75. The number of thiazole rings is 1. The molecule has 4 nitrogen and oxygen atoms in total. The van der Waals surface area contributed by atoms with Crippen LogP contribution in [0.2, 0.25) is 0 Å². The van der Waals surface area contributed by atoms with Crippen LogP contribution in [-0.4, -0.2) is 24.5 Å². The Bertz CT molecular complexity index is 614. The molecule has 0 spiro atoms. The molecule has 5 heteroatoms. The Kier molecular flexibility index (Phi) is 6.59. The standard InChI is InChI=1S/C18H26N4S/c1-13(16-8-6-5-7-9-16)10-11-20-18(19-4)21-12-17-22-14(2)15(3)23-17/h5-9,13H,10-12H2,1-4H3,(H2,19,20,21). The lowest BCUT2D eigenvalue weighted by molar-refractivity contribution is 0.651. The average Bonchev–Trinajstić information content (AvgIpc) is 2.89. The molecule has 0 aliphatic heterocycles. The molecule has 0 saturated carbocycles. The maximum atomic E-state index is 4.54. The lowest BCUT2D eigenvalue weighted by Crippen LogP contribution is -2.37. The topological polar surface area (TPSA) is 49.3 Å². The summed E-state index contributed by atoms with van der Waals surface area (Å²) in [5.41, 5.74) is 2.50. The summed E-state index contributed by atoms with van der Waals surface area (Å²) in [5.74, 6) is 1.36. The molecule has 2 aromatic rings. The Morgan fingerprint density at radius 1 is 1.22 bits per heavy atom. The van der Waals surface area contributed by atoms with Gasteiger partial charge in [0.05, 0.1) is 12.2 Å². The molecule has 0 fully saturated rings. The molecule has 0 bridgehead atoms. The lowest BCUT2D eigenvalue weighted by atomic mass is 9.98. The van der Waals surface area contributed by atoms with Gasteiger partial charge in [-0.15, -0.1) is 11.3 Å². The SMILES string of the molecule is CN=C(NCCC(C)c1ccccc1)NCc1nc(C)c(C)s1. The number of rotatable bonds is 6. The Labute approximate surface area is 143 Å². The van der Waals surface area contributed by atoms with Gasteiger partial charge in [-0.25, -0.2) is 4.98 Å². The van der Waals surface area contributed by atoms with Gasteiger partial charge in [-0.1, -0.05) is 37.3 Å². The van der Waals surface area contributed by atoms with E-state index in [2.05, 4.69) is 64.8 Å². The first kappa shape index (κ1) is 17.5. The molecule has 1 aromatic carbocycles. The van der Waals surface area contributed by atoms with Crippen molar-refractivity contribution in [1.82, 2.24) is 15.6 Å². The number of hydrogen-bond donors (Lipinski definition) is 2. The normalized spacial score (nSPS) is 13.0. The fourth-order valence-electron chi connectivity index (χ4n) is 2.35. The predicted octanol–water partition coefficient (Wildman–Crippen LogP) is 3.62. The molecular weight excluding hydrogens is 304 g/mol. The van der Waals surface area contributed by atoms with Crippen LogP contribution < -0.4 is 10.6 Å². The van der Waals surface area contributed by atoms with Crippen LogP contribution in [0.25, 0.3) is 0 Å². The number of guanidine groups is 1. The molecule has 1 unspecified atom stereocenters. The van der Waals surface area contributed by atoms with Crippen molar-refractivity contribution in [3.8, 4) is 0 Å². The molecule has 0 saturated heterocycles. The van der Waals surface area contributed by atoms with Crippen molar-refractivity contribution in [1.29, 1.82) is 0 Å². The van der Waals surface area contributed by atoms with Gasteiger partial charge < -0.3 is 10.6 Å². The zero-order valence-electron chi connectivity index (χ0n) is 14.4. The summed E-state index contributed by atoms with van der Waals surface area (Å²) >= 11 is 1.74. The number of nitrogens with one attached hydrogen (secondary N) is 2. The van der Waals surface area contributed by atoms with Gasteiger partial charge in [0.1, 0.15) is 5.01 Å². The minimum Gasteiger partial charge on any atom is -0.356 e. The predicted molar refractivity (Wildman–Crippen MR) is 99.3 cm³/mol. The minimum atomic E-state index is 0.533. The number of aliphatic imine (C=N–C) groups is 1. The van der Waals surface area contributed by atoms with E-state index in [0.717, 1.165) is 29.6 Å². The summed E-state index contributed by atoms with van der Waals surface area (Å²) in [7, 11) is 1.80. The van der Waals surface area contributed by atoms with E-state index in [0.29, 0.717) is 12.5 Å². The molecule has 1 aromatic heterocycles. The summed E-state index contributed by atoms with van der Waals surface area (Å²) < 4.78 is 0. The van der Waals surface area contributed by atoms with Crippen LogP contribution in [0.15, 0.2) is 35.3 Å². The Morgan fingerprint density at radius 3 is 2.57 bits per heavy atom. The van der Waals surface area contributed by atoms with E-state index in [4.69, 9.17) is 0 Å². The number of benzene rings is 1. The maximum Gasteiger partial charge on any atom is 0.191 e. The molecule has 23 heavy (non-hydrogen) atoms. The highest BCUT2D eigenvalue weighted by atomic mass is 32.1. The van der Waals surface area contributed by atoms with Crippen molar-refractivity contribution in [2.45, 2.75) is 39.7 Å². The molecular formula is C18H26N4S. The Hall–Kier alpha value is -1.88. The molecule has 0 radical (unpaired) electrons. The minimum absolute atomic E-state index is 0.533. The molecule has 1 heterocycles. The summed E-state index contributed by atoms with van der Waals surface area (Å²) in [6.07, 6.45) is 1.07. The first-order valence-corrected chi connectivity index (χ1v) is 8.84. The first-order chi connectivity index (χ1) is 11.1. The van der Waals surface area contributed by atoms with E-state index in [9.17, 15) is 0 Å². The van der Waals surface area contributed by atoms with Crippen molar-refractivity contribution in [3.05, 3.63) is 51.5 Å². The molecule has 2 rings (SSSR count). The van der Waals surface area contributed by atoms with Gasteiger partial charge in [-0.05, 0) is 31.7 Å². The third-order valence-corrected chi connectivity index (χ3v) is 5.01. The van der Waals surface area contributed by atoms with Gasteiger partial charge in [-0.2, -0.15) is 0 Å². The van der Waals surface area contributed by atoms with E-state index in [-0.39, 0.29) is 0 Å². The van der Waals surface area contributed by atoms with E-state index in [1.165, 1.54) is 10.4 Å². The van der Waals surface area contributed by atoms with Crippen molar-refractivity contribution in [2.75, 3.05) is 13.6 Å². The summed E-state index contributed by atoms with van der Waals surface area (Å²) in [5, 5.41) is 7.80. The lowest BCUT2D eigenvalue weighted by Gasteiger charge is -2.14. The second kappa shape index (κ2) is 8.67. The molecule has 0 amide bonds. The van der Waals surface area contributed by atoms with Crippen LogP contribution in [0.3, 0.4) is 0 Å². The van der Waals surface area contributed by atoms with Gasteiger partial charge in [0.25, 0.3) is 0 Å². The number of nitrogens with zero attached hydrogens (tertiary/aromatic N) is 2. The molecule has 0 aliphatic rings. The molecule has 124 valence electrons. The average molecular weight is 331 g/mol. The largest absolute Gasteiger partial charge is 0.356 e. The number of hydrogen-bond acceptors (Lipinski definition) is 3. The van der Waals surface area contributed by atoms with Crippen LogP contribution in [0.5, 0.6) is 0 Å². The summed E-state index contributed by atoms with van der Waals surface area (Å²) in [6, 6.07) is 10.6. The highest BCUT2D eigenvalue weighted by Gasteiger charge is 2.07. The van der Waals surface area contributed by atoms with Crippen molar-refractivity contribution >= 4 is 17.3 Å². The zero-order valence-corrected chi connectivity index (χ0v) is 15.2. The molecule has 0 aliphatic carbocycles. The summed E-state index contributed by atoms with van der Waals surface area (Å²) in [6.45, 7) is 8.02. The summed E-state index contributed by atoms with van der Waals surface area (Å²) in [4.78, 5) is 10.1. The monoisotopic (exact) mass is 330 g/mol. The second-order valence-corrected chi connectivity index (χ2v) is 6.99. The molecule has 2 N–H and O–H groups in total. The third-order valence-electron chi connectivity index (χ3n) is 3.94. The van der Waals surface area contributed by atoms with Crippen molar-refractivity contribution in [3.63, 3.8) is 0 Å². The zero-order chi connectivity index (χ0) is 16.7. The maximum absolute atomic E-state index is 4.54. The fraction of sp³-hybridized carbons (Fsp3) is 0.444. The number of aryl methyl sites for hydroxylation is 2. The quantitative estimate of drug-likeness (QED) is 0.628. The fourth-order valence-corrected chi connectivity index (χ4v) is 3.22. The van der Waals surface area contributed by atoms with Crippen LogP contribution >= 0.6 is 11.3 Å². The van der Waals surface area contributed by atoms with Crippen LogP contribution in [0.1, 0.15) is 40.4 Å². The van der Waals surface area contributed by atoms with E-state index < -0.39 is 0 Å². The van der Waals surface area contributed by atoms with Gasteiger partial charge in [0.2, 0.25) is 0 Å². The van der Waals surface area contributed by atoms with Crippen molar-refractivity contribution < 1.29 is 0 Å². The van der Waals surface area contributed by atoms with Crippen LogP contribution in [0.4, 0.5) is 0 Å².